The van der Waals surface area contributed by atoms with E-state index >= 15 is 0 Å². The van der Waals surface area contributed by atoms with Gasteiger partial charge in [0, 0.05) is 12.7 Å². The second-order valence-electron chi connectivity index (χ2n) is 4.82. The third-order valence-electron chi connectivity index (χ3n) is 3.20. The van der Waals surface area contributed by atoms with Gasteiger partial charge >= 0.3 is 0 Å². The smallest absolute Gasteiger partial charge is 0.0938 e. The molecule has 19 heavy (non-hydrogen) atoms. The van der Waals surface area contributed by atoms with Crippen molar-refractivity contribution in [2.75, 3.05) is 7.05 Å². The maximum absolute atomic E-state index is 4.57. The van der Waals surface area contributed by atoms with Crippen molar-refractivity contribution in [3.05, 3.63) is 41.0 Å². The van der Waals surface area contributed by atoms with Crippen LogP contribution in [0, 0.1) is 13.8 Å². The lowest BCUT2D eigenvalue weighted by Gasteiger charge is -2.18. The topological polar surface area (TPSA) is 55.6 Å². The van der Waals surface area contributed by atoms with E-state index in [1.807, 2.05) is 24.1 Å². The van der Waals surface area contributed by atoms with E-state index in [1.165, 1.54) is 11.1 Å². The summed E-state index contributed by atoms with van der Waals surface area (Å²) >= 11 is 0. The Bertz CT molecular complexity index is 547. The monoisotopic (exact) mass is 259 g/mol. The highest BCUT2D eigenvalue weighted by Crippen LogP contribution is 2.22. The Morgan fingerprint density at radius 2 is 2.11 bits per heavy atom. The zero-order valence-electron chi connectivity index (χ0n) is 12.0. The molecular formula is C14H21N5. The molecule has 0 bridgehead atoms. The van der Waals surface area contributed by atoms with Crippen molar-refractivity contribution in [1.29, 1.82) is 0 Å². The molecule has 0 aliphatic carbocycles. The third kappa shape index (κ3) is 2.81. The molecule has 0 fully saturated rings. The number of pyridine rings is 1. The molecule has 0 amide bonds. The average molecular weight is 259 g/mol. The van der Waals surface area contributed by atoms with Gasteiger partial charge in [0.1, 0.15) is 0 Å². The Hall–Kier alpha value is -1.75. The molecule has 0 aromatic carbocycles. The summed E-state index contributed by atoms with van der Waals surface area (Å²) in [7, 11) is 1.94. The highest BCUT2D eigenvalue weighted by atomic mass is 15.4. The number of hydrogen-bond donors (Lipinski definition) is 1. The lowest BCUT2D eigenvalue weighted by molar-refractivity contribution is 0.518. The van der Waals surface area contributed by atoms with E-state index in [-0.39, 0.29) is 6.04 Å². The summed E-state index contributed by atoms with van der Waals surface area (Å²) in [5.41, 5.74) is 4.46. The summed E-state index contributed by atoms with van der Waals surface area (Å²) < 4.78 is 1.95. The van der Waals surface area contributed by atoms with Gasteiger partial charge in [-0.1, -0.05) is 18.2 Å². The van der Waals surface area contributed by atoms with Crippen LogP contribution in [0.4, 0.5) is 0 Å². The van der Waals surface area contributed by atoms with E-state index in [0.29, 0.717) is 0 Å². The number of nitrogens with zero attached hydrogens (tertiary/aromatic N) is 4. The quantitative estimate of drug-likeness (QED) is 0.892. The Morgan fingerprint density at radius 3 is 2.74 bits per heavy atom. The van der Waals surface area contributed by atoms with Crippen LogP contribution in [-0.4, -0.2) is 27.0 Å². The molecule has 0 saturated carbocycles. The van der Waals surface area contributed by atoms with Crippen molar-refractivity contribution in [3.8, 4) is 0 Å². The van der Waals surface area contributed by atoms with Gasteiger partial charge in [0.15, 0.2) is 0 Å². The summed E-state index contributed by atoms with van der Waals surface area (Å²) in [5.74, 6) is 0. The molecule has 102 valence electrons. The van der Waals surface area contributed by atoms with Crippen molar-refractivity contribution in [3.63, 3.8) is 0 Å². The number of rotatable bonds is 5. The molecule has 5 nitrogen and oxygen atoms in total. The molecule has 1 atom stereocenters. The first-order valence-electron chi connectivity index (χ1n) is 6.66. The molecule has 1 N–H and O–H groups in total. The Labute approximate surface area is 114 Å². The Kier molecular flexibility index (Phi) is 4.27. The fourth-order valence-electron chi connectivity index (χ4n) is 2.33. The number of nitrogens with one attached hydrogen (secondary N) is 1. The average Bonchev–Trinajstić information content (AvgIpc) is 2.82. The lowest BCUT2D eigenvalue weighted by Crippen LogP contribution is -2.23. The van der Waals surface area contributed by atoms with Crippen molar-refractivity contribution < 1.29 is 0 Å². The summed E-state index contributed by atoms with van der Waals surface area (Å²) in [6.07, 6.45) is 4.76. The zero-order chi connectivity index (χ0) is 13.8. The van der Waals surface area contributed by atoms with Gasteiger partial charge in [0.25, 0.3) is 0 Å². The van der Waals surface area contributed by atoms with Crippen LogP contribution in [-0.2, 0) is 6.54 Å². The maximum Gasteiger partial charge on any atom is 0.0938 e. The second-order valence-corrected chi connectivity index (χ2v) is 4.82. The number of aromatic nitrogens is 4. The third-order valence-corrected chi connectivity index (χ3v) is 3.20. The van der Waals surface area contributed by atoms with Crippen LogP contribution in [0.5, 0.6) is 0 Å². The van der Waals surface area contributed by atoms with Crippen LogP contribution in [0.15, 0.2) is 18.5 Å². The van der Waals surface area contributed by atoms with Crippen LogP contribution in [0.25, 0.3) is 0 Å². The molecule has 1 unspecified atom stereocenters. The van der Waals surface area contributed by atoms with Gasteiger partial charge in [-0.05, 0) is 38.4 Å². The van der Waals surface area contributed by atoms with Crippen LogP contribution >= 0.6 is 0 Å². The minimum absolute atomic E-state index is 0.0298. The molecule has 0 aliphatic heterocycles. The molecule has 2 rings (SSSR count). The molecule has 2 aromatic heterocycles. The summed E-state index contributed by atoms with van der Waals surface area (Å²) in [5, 5.41) is 11.5. The number of aryl methyl sites for hydroxylation is 3. The summed E-state index contributed by atoms with van der Waals surface area (Å²) in [6, 6.07) is 2.18. The van der Waals surface area contributed by atoms with Crippen LogP contribution in [0.2, 0.25) is 0 Å². The van der Waals surface area contributed by atoms with Crippen LogP contribution < -0.4 is 5.32 Å². The first-order chi connectivity index (χ1) is 9.17. The highest BCUT2D eigenvalue weighted by Gasteiger charge is 2.20. The minimum Gasteiger partial charge on any atom is -0.307 e. The fourth-order valence-corrected chi connectivity index (χ4v) is 2.33. The largest absolute Gasteiger partial charge is 0.307 e. The molecule has 0 radical (unpaired) electrons. The maximum atomic E-state index is 4.57. The predicted octanol–water partition coefficient (Wildman–Crippen LogP) is 2.01. The lowest BCUT2D eigenvalue weighted by atomic mass is 10.0. The molecule has 2 heterocycles. The molecule has 2 aromatic rings. The summed E-state index contributed by atoms with van der Waals surface area (Å²) in [4.78, 5) is 4.57. The SMILES string of the molecule is CCCn1nncc1C(NC)c1ncc(C)cc1C. The molecule has 0 saturated heterocycles. The minimum atomic E-state index is 0.0298. The summed E-state index contributed by atoms with van der Waals surface area (Å²) in [6.45, 7) is 7.16. The van der Waals surface area contributed by atoms with E-state index in [1.54, 1.807) is 0 Å². The van der Waals surface area contributed by atoms with Crippen molar-refractivity contribution >= 4 is 0 Å². The van der Waals surface area contributed by atoms with Gasteiger partial charge in [-0.2, -0.15) is 0 Å². The van der Waals surface area contributed by atoms with E-state index in [2.05, 4.69) is 47.5 Å². The fraction of sp³-hybridized carbons (Fsp3) is 0.500. The number of hydrogen-bond acceptors (Lipinski definition) is 4. The van der Waals surface area contributed by atoms with E-state index < -0.39 is 0 Å². The van der Waals surface area contributed by atoms with Gasteiger partial charge in [-0.25, -0.2) is 4.68 Å². The van der Waals surface area contributed by atoms with Gasteiger partial charge < -0.3 is 5.32 Å². The van der Waals surface area contributed by atoms with Crippen LogP contribution in [0.1, 0.15) is 41.9 Å². The predicted molar refractivity (Wildman–Crippen MR) is 74.9 cm³/mol. The normalized spacial score (nSPS) is 12.6. The van der Waals surface area contributed by atoms with Gasteiger partial charge in [0.2, 0.25) is 0 Å². The molecule has 0 aliphatic rings. The van der Waals surface area contributed by atoms with Crippen molar-refractivity contribution in [1.82, 2.24) is 25.3 Å². The van der Waals surface area contributed by atoms with E-state index in [0.717, 1.165) is 24.4 Å². The van der Waals surface area contributed by atoms with Crippen LogP contribution in [0.3, 0.4) is 0 Å². The Balaban J connectivity index is 2.41. The Morgan fingerprint density at radius 1 is 1.32 bits per heavy atom. The van der Waals surface area contributed by atoms with E-state index in [4.69, 9.17) is 0 Å². The van der Waals surface area contributed by atoms with E-state index in [9.17, 15) is 0 Å². The van der Waals surface area contributed by atoms with Crippen molar-refractivity contribution in [2.45, 2.75) is 39.8 Å². The molecular weight excluding hydrogens is 238 g/mol. The highest BCUT2D eigenvalue weighted by molar-refractivity contribution is 5.30. The van der Waals surface area contributed by atoms with Gasteiger partial charge in [0.05, 0.1) is 23.6 Å². The molecule has 0 spiro atoms. The van der Waals surface area contributed by atoms with Gasteiger partial charge in [-0.15, -0.1) is 5.10 Å². The van der Waals surface area contributed by atoms with Gasteiger partial charge in [-0.3, -0.25) is 4.98 Å². The first kappa shape index (κ1) is 13.7. The van der Waals surface area contributed by atoms with Crippen molar-refractivity contribution in [2.24, 2.45) is 0 Å². The molecule has 5 heteroatoms. The second kappa shape index (κ2) is 5.93. The zero-order valence-corrected chi connectivity index (χ0v) is 12.0. The first-order valence-corrected chi connectivity index (χ1v) is 6.66. The standard InChI is InChI=1S/C14H21N5/c1-5-6-19-12(9-17-18-19)14(15-4)13-11(3)7-10(2)8-16-13/h7-9,14-15H,5-6H2,1-4H3.